The summed E-state index contributed by atoms with van der Waals surface area (Å²) < 4.78 is 5.19. The molecule has 20 heavy (non-hydrogen) atoms. The maximum absolute atomic E-state index is 11.4. The highest BCUT2D eigenvalue weighted by molar-refractivity contribution is 5.77. The Balaban J connectivity index is 2.28. The molecule has 0 aliphatic carbocycles. The summed E-state index contributed by atoms with van der Waals surface area (Å²) in [4.78, 5) is 21.4. The highest BCUT2D eigenvalue weighted by Crippen LogP contribution is 2.16. The number of rotatable bonds is 8. The van der Waals surface area contributed by atoms with Crippen LogP contribution in [0.5, 0.6) is 5.75 Å². The molecule has 7 heteroatoms. The molecular formula is C13H18N2O5. The van der Waals surface area contributed by atoms with Crippen molar-refractivity contribution in [2.24, 2.45) is 0 Å². The summed E-state index contributed by atoms with van der Waals surface area (Å²) in [6.45, 7) is 2.09. The standard InChI is InChI=1S/C13H18N2O5/c1-2-11(16)7-8-14-13(17)9-20-12-5-3-10(4-6-12)15(18)19/h3-6,11,16H,2,7-9H2,1H3,(H,14,17). The molecule has 110 valence electrons. The highest BCUT2D eigenvalue weighted by atomic mass is 16.6. The SMILES string of the molecule is CCC(O)CCNC(=O)COc1ccc([N+](=O)[O-])cc1. The van der Waals surface area contributed by atoms with E-state index in [2.05, 4.69) is 5.32 Å². The summed E-state index contributed by atoms with van der Waals surface area (Å²) in [5, 5.41) is 22.4. The molecule has 0 aromatic heterocycles. The van der Waals surface area contributed by atoms with Crippen LogP contribution in [0.2, 0.25) is 0 Å². The molecule has 0 fully saturated rings. The predicted molar refractivity (Wildman–Crippen MR) is 72.5 cm³/mol. The molecule has 0 aliphatic rings. The first-order valence-corrected chi connectivity index (χ1v) is 6.35. The van der Waals surface area contributed by atoms with Gasteiger partial charge < -0.3 is 15.2 Å². The fourth-order valence-corrected chi connectivity index (χ4v) is 1.45. The van der Waals surface area contributed by atoms with Gasteiger partial charge in [0.1, 0.15) is 5.75 Å². The van der Waals surface area contributed by atoms with E-state index in [4.69, 9.17) is 4.74 Å². The maximum atomic E-state index is 11.4. The van der Waals surface area contributed by atoms with Crippen molar-refractivity contribution in [2.45, 2.75) is 25.9 Å². The molecule has 1 aromatic rings. The Labute approximate surface area is 116 Å². The normalized spacial score (nSPS) is 11.7. The number of nitrogens with one attached hydrogen (secondary N) is 1. The van der Waals surface area contributed by atoms with Crippen LogP contribution in [0.15, 0.2) is 24.3 Å². The maximum Gasteiger partial charge on any atom is 0.269 e. The molecule has 0 spiro atoms. The van der Waals surface area contributed by atoms with Gasteiger partial charge in [-0.3, -0.25) is 14.9 Å². The lowest BCUT2D eigenvalue weighted by molar-refractivity contribution is -0.384. The van der Waals surface area contributed by atoms with E-state index >= 15 is 0 Å². The molecular weight excluding hydrogens is 264 g/mol. The number of aliphatic hydroxyl groups is 1. The quantitative estimate of drug-likeness (QED) is 0.552. The van der Waals surface area contributed by atoms with E-state index in [9.17, 15) is 20.0 Å². The van der Waals surface area contributed by atoms with E-state index in [-0.39, 0.29) is 18.2 Å². The number of nitrogens with zero attached hydrogens (tertiary/aromatic N) is 1. The summed E-state index contributed by atoms with van der Waals surface area (Å²) in [5.41, 5.74) is -0.0321. The summed E-state index contributed by atoms with van der Waals surface area (Å²) >= 11 is 0. The summed E-state index contributed by atoms with van der Waals surface area (Å²) in [6.07, 6.45) is 0.737. The number of carbonyl (C=O) groups is 1. The molecule has 0 saturated heterocycles. The third-order valence-electron chi connectivity index (χ3n) is 2.69. The number of carbonyl (C=O) groups excluding carboxylic acids is 1. The van der Waals surface area contributed by atoms with E-state index in [0.29, 0.717) is 25.1 Å². The Morgan fingerprint density at radius 2 is 2.10 bits per heavy atom. The number of non-ortho nitro benzene ring substituents is 1. The average Bonchev–Trinajstić information content (AvgIpc) is 2.45. The fourth-order valence-electron chi connectivity index (χ4n) is 1.45. The number of amides is 1. The van der Waals surface area contributed by atoms with Crippen LogP contribution in [0, 0.1) is 10.1 Å². The van der Waals surface area contributed by atoms with Gasteiger partial charge >= 0.3 is 0 Å². The zero-order chi connectivity index (χ0) is 15.0. The first kappa shape index (κ1) is 15.9. The van der Waals surface area contributed by atoms with Crippen LogP contribution in [0.1, 0.15) is 19.8 Å². The molecule has 1 atom stereocenters. The second-order valence-electron chi connectivity index (χ2n) is 4.24. The second kappa shape index (κ2) is 8.11. The lowest BCUT2D eigenvalue weighted by Gasteiger charge is -2.09. The number of hydrogen-bond acceptors (Lipinski definition) is 5. The summed E-state index contributed by atoms with van der Waals surface area (Å²) in [5.74, 6) is 0.0889. The van der Waals surface area contributed by atoms with Crippen molar-refractivity contribution in [1.29, 1.82) is 0 Å². The lowest BCUT2D eigenvalue weighted by Crippen LogP contribution is -2.31. The van der Waals surface area contributed by atoms with Crippen LogP contribution in [-0.2, 0) is 4.79 Å². The number of aliphatic hydroxyl groups excluding tert-OH is 1. The Kier molecular flexibility index (Phi) is 6.45. The molecule has 1 rings (SSSR count). The second-order valence-corrected chi connectivity index (χ2v) is 4.24. The van der Waals surface area contributed by atoms with Gasteiger partial charge in [-0.25, -0.2) is 0 Å². The van der Waals surface area contributed by atoms with Crippen molar-refractivity contribution in [3.8, 4) is 5.75 Å². The first-order chi connectivity index (χ1) is 9.52. The average molecular weight is 282 g/mol. The molecule has 7 nitrogen and oxygen atoms in total. The Hall–Kier alpha value is -2.15. The molecule has 1 amide bonds. The molecule has 1 unspecified atom stereocenters. The van der Waals surface area contributed by atoms with Crippen molar-refractivity contribution in [1.82, 2.24) is 5.32 Å². The largest absolute Gasteiger partial charge is 0.484 e. The van der Waals surface area contributed by atoms with Crippen molar-refractivity contribution in [2.75, 3.05) is 13.2 Å². The zero-order valence-corrected chi connectivity index (χ0v) is 11.2. The highest BCUT2D eigenvalue weighted by Gasteiger charge is 2.07. The minimum atomic E-state index is -0.504. The van der Waals surface area contributed by atoms with Gasteiger partial charge in [-0.2, -0.15) is 0 Å². The smallest absolute Gasteiger partial charge is 0.269 e. The number of ether oxygens (including phenoxy) is 1. The molecule has 2 N–H and O–H groups in total. The van der Waals surface area contributed by atoms with Crippen LogP contribution < -0.4 is 10.1 Å². The molecule has 0 aliphatic heterocycles. The zero-order valence-electron chi connectivity index (χ0n) is 11.2. The van der Waals surface area contributed by atoms with Crippen molar-refractivity contribution in [3.05, 3.63) is 34.4 Å². The molecule has 0 saturated carbocycles. The summed E-state index contributed by atoms with van der Waals surface area (Å²) in [6, 6.07) is 5.49. The van der Waals surface area contributed by atoms with Gasteiger partial charge in [0, 0.05) is 18.7 Å². The van der Waals surface area contributed by atoms with Gasteiger partial charge in [-0.05, 0) is 25.0 Å². The van der Waals surface area contributed by atoms with Crippen LogP contribution in [0.3, 0.4) is 0 Å². The topological polar surface area (TPSA) is 102 Å². The lowest BCUT2D eigenvalue weighted by atomic mass is 10.2. The van der Waals surface area contributed by atoms with Gasteiger partial charge in [-0.1, -0.05) is 6.92 Å². The van der Waals surface area contributed by atoms with Gasteiger partial charge in [-0.15, -0.1) is 0 Å². The van der Waals surface area contributed by atoms with Gasteiger partial charge in [0.05, 0.1) is 11.0 Å². The Morgan fingerprint density at radius 1 is 1.45 bits per heavy atom. The summed E-state index contributed by atoms with van der Waals surface area (Å²) in [7, 11) is 0. The van der Waals surface area contributed by atoms with E-state index in [1.807, 2.05) is 6.92 Å². The van der Waals surface area contributed by atoms with Crippen LogP contribution in [0.4, 0.5) is 5.69 Å². The van der Waals surface area contributed by atoms with Crippen molar-refractivity contribution >= 4 is 11.6 Å². The first-order valence-electron chi connectivity index (χ1n) is 6.35. The minimum absolute atomic E-state index is 0.0321. The van der Waals surface area contributed by atoms with E-state index in [0.717, 1.165) is 0 Å². The molecule has 0 heterocycles. The molecule has 1 aromatic carbocycles. The fraction of sp³-hybridized carbons (Fsp3) is 0.462. The van der Waals surface area contributed by atoms with Gasteiger partial charge in [0.15, 0.2) is 6.61 Å². The monoisotopic (exact) mass is 282 g/mol. The van der Waals surface area contributed by atoms with Gasteiger partial charge in [0.25, 0.3) is 11.6 Å². The third-order valence-corrected chi connectivity index (χ3v) is 2.69. The predicted octanol–water partition coefficient (Wildman–Crippen LogP) is 1.25. The number of benzene rings is 1. The Morgan fingerprint density at radius 3 is 2.65 bits per heavy atom. The van der Waals surface area contributed by atoms with E-state index in [1.165, 1.54) is 24.3 Å². The minimum Gasteiger partial charge on any atom is -0.484 e. The van der Waals surface area contributed by atoms with E-state index < -0.39 is 11.0 Å². The third kappa shape index (κ3) is 5.66. The van der Waals surface area contributed by atoms with E-state index in [1.54, 1.807) is 0 Å². The molecule has 0 radical (unpaired) electrons. The number of nitro groups is 1. The van der Waals surface area contributed by atoms with Crippen LogP contribution in [-0.4, -0.2) is 35.2 Å². The van der Waals surface area contributed by atoms with Crippen molar-refractivity contribution in [3.63, 3.8) is 0 Å². The number of nitro benzene ring substituents is 1. The Bertz CT molecular complexity index is 447. The van der Waals surface area contributed by atoms with Gasteiger partial charge in [0.2, 0.25) is 0 Å². The van der Waals surface area contributed by atoms with Crippen LogP contribution in [0.25, 0.3) is 0 Å². The molecule has 0 bridgehead atoms. The van der Waals surface area contributed by atoms with Crippen LogP contribution >= 0.6 is 0 Å². The number of hydrogen-bond donors (Lipinski definition) is 2. The van der Waals surface area contributed by atoms with Crippen molar-refractivity contribution < 1.29 is 19.6 Å².